The van der Waals surface area contributed by atoms with E-state index in [2.05, 4.69) is 27.0 Å². The number of rotatable bonds is 3. The first-order valence-corrected chi connectivity index (χ1v) is 6.30. The van der Waals surface area contributed by atoms with Crippen molar-refractivity contribution in [1.82, 2.24) is 19.7 Å². The van der Waals surface area contributed by atoms with Gasteiger partial charge in [-0.05, 0) is 32.4 Å². The molecule has 1 unspecified atom stereocenters. The number of nitrogens with zero attached hydrogens (tertiary/aromatic N) is 5. The largest absolute Gasteiger partial charge is 0.368 e. The number of hydrogen-bond donors (Lipinski definition) is 1. The van der Waals surface area contributed by atoms with E-state index in [0.717, 1.165) is 12.1 Å². The van der Waals surface area contributed by atoms with Gasteiger partial charge in [-0.25, -0.2) is 9.98 Å². The Morgan fingerprint density at radius 3 is 2.89 bits per heavy atom. The molecule has 0 saturated carbocycles. The third kappa shape index (κ3) is 2.96. The van der Waals surface area contributed by atoms with Gasteiger partial charge >= 0.3 is 0 Å². The van der Waals surface area contributed by atoms with E-state index in [1.807, 2.05) is 32.0 Å². The maximum Gasteiger partial charge on any atom is 0.218 e. The number of hydrogen-bond acceptors (Lipinski definition) is 4. The molecule has 2 aromatic rings. The Kier molecular flexibility index (Phi) is 3.89. The van der Waals surface area contributed by atoms with Gasteiger partial charge in [0.1, 0.15) is 11.5 Å². The molecule has 2 N–H and O–H groups in total. The molecular formula is C13H18N6. The van der Waals surface area contributed by atoms with Crippen molar-refractivity contribution in [2.75, 3.05) is 0 Å². The number of aryl methyl sites for hydroxylation is 1. The van der Waals surface area contributed by atoms with Gasteiger partial charge < -0.3 is 5.73 Å². The van der Waals surface area contributed by atoms with Crippen LogP contribution in [-0.2, 0) is 0 Å². The van der Waals surface area contributed by atoms with Gasteiger partial charge in [-0.2, -0.15) is 4.68 Å². The highest BCUT2D eigenvalue weighted by Gasteiger charge is 2.11. The Hall–Kier alpha value is -2.24. The second kappa shape index (κ2) is 5.60. The molecule has 0 spiro atoms. The monoisotopic (exact) mass is 258 g/mol. The van der Waals surface area contributed by atoms with E-state index in [0.29, 0.717) is 17.6 Å². The van der Waals surface area contributed by atoms with E-state index in [9.17, 15) is 0 Å². The second-order valence-electron chi connectivity index (χ2n) is 4.35. The molecule has 0 aliphatic heterocycles. The Labute approximate surface area is 112 Å². The molecule has 0 aliphatic rings. The topological polar surface area (TPSA) is 82.0 Å². The van der Waals surface area contributed by atoms with Crippen molar-refractivity contribution >= 4 is 5.96 Å². The molecule has 2 rings (SSSR count). The van der Waals surface area contributed by atoms with Crippen LogP contribution in [0.25, 0.3) is 11.5 Å². The van der Waals surface area contributed by atoms with Crippen LogP contribution in [0.5, 0.6) is 0 Å². The summed E-state index contributed by atoms with van der Waals surface area (Å²) in [6.07, 6.45) is 2.64. The zero-order valence-corrected chi connectivity index (χ0v) is 11.4. The number of nitrogens with two attached hydrogens (primary N) is 1. The fourth-order valence-corrected chi connectivity index (χ4v) is 1.58. The summed E-state index contributed by atoms with van der Waals surface area (Å²) in [5, 5.41) is 4.35. The van der Waals surface area contributed by atoms with Crippen molar-refractivity contribution in [3.8, 4) is 11.5 Å². The van der Waals surface area contributed by atoms with Crippen molar-refractivity contribution in [2.24, 2.45) is 10.7 Å². The van der Waals surface area contributed by atoms with Crippen LogP contribution < -0.4 is 5.73 Å². The number of aliphatic imine (C=N–C) groups is 1. The number of aromatic nitrogens is 4. The maximum absolute atomic E-state index is 5.95. The lowest BCUT2D eigenvalue weighted by atomic mass is 10.3. The predicted molar refractivity (Wildman–Crippen MR) is 74.8 cm³/mol. The molecule has 6 nitrogen and oxygen atoms in total. The van der Waals surface area contributed by atoms with Gasteiger partial charge in [0.25, 0.3) is 0 Å². The van der Waals surface area contributed by atoms with Gasteiger partial charge in [0, 0.05) is 6.20 Å². The smallest absolute Gasteiger partial charge is 0.218 e. The minimum Gasteiger partial charge on any atom is -0.368 e. The molecule has 0 radical (unpaired) electrons. The summed E-state index contributed by atoms with van der Waals surface area (Å²) in [5.41, 5.74) is 6.68. The molecule has 6 heteroatoms. The van der Waals surface area contributed by atoms with Gasteiger partial charge in [0.15, 0.2) is 0 Å². The molecule has 19 heavy (non-hydrogen) atoms. The molecule has 2 aromatic heterocycles. The Morgan fingerprint density at radius 1 is 1.47 bits per heavy atom. The summed E-state index contributed by atoms with van der Waals surface area (Å²) in [7, 11) is 0. The first kappa shape index (κ1) is 13.2. The van der Waals surface area contributed by atoms with Crippen molar-refractivity contribution in [3.05, 3.63) is 30.2 Å². The van der Waals surface area contributed by atoms with Crippen LogP contribution in [-0.4, -0.2) is 31.7 Å². The highest BCUT2D eigenvalue weighted by molar-refractivity contribution is 5.80. The molecular weight excluding hydrogens is 240 g/mol. The van der Waals surface area contributed by atoms with Gasteiger partial charge in [-0.3, -0.25) is 4.98 Å². The first-order chi connectivity index (χ1) is 9.11. The standard InChI is InChI=1S/C13H18N6/c1-4-9(2)16-13(14)19-10(3)17-12(18-19)11-7-5-6-8-15-11/h5-9H,4H2,1-3H3,(H2,14,16). The average Bonchev–Trinajstić information content (AvgIpc) is 2.81. The van der Waals surface area contributed by atoms with Crippen LogP contribution in [0.15, 0.2) is 29.4 Å². The highest BCUT2D eigenvalue weighted by atomic mass is 15.4. The average molecular weight is 258 g/mol. The van der Waals surface area contributed by atoms with Gasteiger partial charge in [0.2, 0.25) is 11.8 Å². The highest BCUT2D eigenvalue weighted by Crippen LogP contribution is 2.11. The first-order valence-electron chi connectivity index (χ1n) is 6.30. The summed E-state index contributed by atoms with van der Waals surface area (Å²) >= 11 is 0. The van der Waals surface area contributed by atoms with E-state index in [1.165, 1.54) is 0 Å². The van der Waals surface area contributed by atoms with Crippen LogP contribution in [0.1, 0.15) is 26.1 Å². The van der Waals surface area contributed by atoms with Crippen LogP contribution in [0, 0.1) is 6.92 Å². The Bertz CT molecular complexity index is 572. The number of pyridine rings is 1. The van der Waals surface area contributed by atoms with Crippen molar-refractivity contribution in [1.29, 1.82) is 0 Å². The second-order valence-corrected chi connectivity index (χ2v) is 4.35. The summed E-state index contributed by atoms with van der Waals surface area (Å²) in [6.45, 7) is 5.92. The Morgan fingerprint density at radius 2 is 2.26 bits per heavy atom. The summed E-state index contributed by atoms with van der Waals surface area (Å²) in [4.78, 5) is 13.0. The minimum absolute atomic E-state index is 0.168. The minimum atomic E-state index is 0.168. The molecule has 0 aliphatic carbocycles. The molecule has 0 bridgehead atoms. The fourth-order valence-electron chi connectivity index (χ4n) is 1.58. The molecule has 0 aromatic carbocycles. The molecule has 1 atom stereocenters. The third-order valence-electron chi connectivity index (χ3n) is 2.82. The van der Waals surface area contributed by atoms with E-state index in [1.54, 1.807) is 10.9 Å². The van der Waals surface area contributed by atoms with Gasteiger partial charge in [0.05, 0.1) is 6.04 Å². The third-order valence-corrected chi connectivity index (χ3v) is 2.82. The molecule has 100 valence electrons. The molecule has 0 amide bonds. The maximum atomic E-state index is 5.95. The zero-order chi connectivity index (χ0) is 13.8. The van der Waals surface area contributed by atoms with E-state index in [-0.39, 0.29) is 6.04 Å². The fraction of sp³-hybridized carbons (Fsp3) is 0.385. The SMILES string of the molecule is CCC(C)/N=C(/N)n1nc(-c2ccccn2)nc1C. The normalized spacial score (nSPS) is 13.5. The van der Waals surface area contributed by atoms with Crippen LogP contribution in [0.4, 0.5) is 0 Å². The predicted octanol–water partition coefficient (Wildman–Crippen LogP) is 1.61. The van der Waals surface area contributed by atoms with Crippen LogP contribution >= 0.6 is 0 Å². The van der Waals surface area contributed by atoms with Gasteiger partial charge in [-0.15, -0.1) is 5.10 Å². The molecule has 0 saturated heterocycles. The lowest BCUT2D eigenvalue weighted by molar-refractivity contribution is 0.703. The van der Waals surface area contributed by atoms with Crippen molar-refractivity contribution < 1.29 is 0 Å². The summed E-state index contributed by atoms with van der Waals surface area (Å²) < 4.78 is 1.55. The summed E-state index contributed by atoms with van der Waals surface area (Å²) in [5.74, 6) is 1.62. The Balaban J connectivity index is 2.34. The quantitative estimate of drug-likeness (QED) is 0.669. The zero-order valence-electron chi connectivity index (χ0n) is 11.4. The van der Waals surface area contributed by atoms with E-state index >= 15 is 0 Å². The van der Waals surface area contributed by atoms with Crippen LogP contribution in [0.3, 0.4) is 0 Å². The van der Waals surface area contributed by atoms with Crippen molar-refractivity contribution in [2.45, 2.75) is 33.2 Å². The lowest BCUT2D eigenvalue weighted by Crippen LogP contribution is -2.26. The van der Waals surface area contributed by atoms with Crippen LogP contribution in [0.2, 0.25) is 0 Å². The molecule has 2 heterocycles. The summed E-state index contributed by atoms with van der Waals surface area (Å²) in [6, 6.07) is 5.78. The van der Waals surface area contributed by atoms with E-state index in [4.69, 9.17) is 5.73 Å². The van der Waals surface area contributed by atoms with Crippen molar-refractivity contribution in [3.63, 3.8) is 0 Å². The molecule has 0 fully saturated rings. The van der Waals surface area contributed by atoms with E-state index < -0.39 is 0 Å². The van der Waals surface area contributed by atoms with Gasteiger partial charge in [-0.1, -0.05) is 13.0 Å². The lowest BCUT2D eigenvalue weighted by Gasteiger charge is -2.05.